The Morgan fingerprint density at radius 3 is 2.22 bits per heavy atom. The Kier molecular flexibility index (Phi) is 6.77. The second-order valence-electron chi connectivity index (χ2n) is 6.57. The first-order valence-corrected chi connectivity index (χ1v) is 9.87. The topological polar surface area (TPSA) is 72.7 Å². The second kappa shape index (κ2) is 9.18. The summed E-state index contributed by atoms with van der Waals surface area (Å²) in [5.74, 6) is -0.663. The maximum atomic E-state index is 13.1. The number of nitrogens with zero attached hydrogens (tertiary/aromatic N) is 4. The lowest BCUT2D eigenvalue weighted by molar-refractivity contribution is -0.141. The van der Waals surface area contributed by atoms with Crippen LogP contribution in [0.1, 0.15) is 12.5 Å². The van der Waals surface area contributed by atoms with Crippen molar-refractivity contribution in [1.29, 1.82) is 0 Å². The molecule has 0 bridgehead atoms. The van der Waals surface area contributed by atoms with Crippen molar-refractivity contribution in [1.82, 2.24) is 19.7 Å². The first kappa shape index (κ1) is 23.6. The van der Waals surface area contributed by atoms with E-state index in [1.54, 1.807) is 0 Å². The highest BCUT2D eigenvalue weighted by Gasteiger charge is 2.33. The summed E-state index contributed by atoms with van der Waals surface area (Å²) in [6.45, 7) is 0.0655. The van der Waals surface area contributed by atoms with Crippen molar-refractivity contribution < 1.29 is 31.1 Å². The Labute approximate surface area is 182 Å². The van der Waals surface area contributed by atoms with Gasteiger partial charge in [-0.2, -0.15) is 26.3 Å². The Bertz CT molecular complexity index is 1070. The molecule has 0 aliphatic heterocycles. The zero-order chi connectivity index (χ0) is 23.5. The van der Waals surface area contributed by atoms with E-state index in [0.717, 1.165) is 40.6 Å². The van der Waals surface area contributed by atoms with Crippen LogP contribution in [0, 0.1) is 0 Å². The minimum Gasteiger partial charge on any atom is -0.325 e. The molecule has 1 unspecified atom stereocenters. The van der Waals surface area contributed by atoms with Gasteiger partial charge in [-0.3, -0.25) is 14.3 Å². The van der Waals surface area contributed by atoms with Crippen molar-refractivity contribution in [3.63, 3.8) is 0 Å². The molecule has 0 spiro atoms. The fourth-order valence-corrected chi connectivity index (χ4v) is 3.46. The van der Waals surface area contributed by atoms with Crippen molar-refractivity contribution in [2.45, 2.75) is 36.2 Å². The zero-order valence-electron chi connectivity index (χ0n) is 16.3. The van der Waals surface area contributed by atoms with Gasteiger partial charge in [-0.25, -0.2) is 0 Å². The summed E-state index contributed by atoms with van der Waals surface area (Å²) in [6.07, 6.45) is -6.28. The van der Waals surface area contributed by atoms with Gasteiger partial charge >= 0.3 is 12.4 Å². The maximum Gasteiger partial charge on any atom is 0.416 e. The lowest BCUT2D eigenvalue weighted by Crippen LogP contribution is -2.24. The molecule has 0 saturated carbocycles. The largest absolute Gasteiger partial charge is 0.416 e. The lowest BCUT2D eigenvalue weighted by atomic mass is 10.2. The van der Waals surface area contributed by atoms with Gasteiger partial charge in [0, 0.05) is 23.6 Å². The fraction of sp³-hybridized carbons (Fsp3) is 0.263. The standard InChI is InChI=1S/C19H15F6N5OS/c1-11(16(31)27-14-4-2-13(3-5-14)19(23,24)25)32-17-29-28-15(12-6-8-26-9-7-12)30(17)10-18(20,21)22/h2-9,11H,10H2,1H3,(H,27,31). The van der Waals surface area contributed by atoms with E-state index in [-0.39, 0.29) is 16.7 Å². The predicted octanol–water partition coefficient (Wildman–Crippen LogP) is 5.04. The summed E-state index contributed by atoms with van der Waals surface area (Å²) in [6, 6.07) is 6.76. The van der Waals surface area contributed by atoms with Crippen molar-refractivity contribution >= 4 is 23.4 Å². The summed E-state index contributed by atoms with van der Waals surface area (Å²) in [4.78, 5) is 16.2. The highest BCUT2D eigenvalue weighted by atomic mass is 32.2. The van der Waals surface area contributed by atoms with Crippen LogP contribution in [0.3, 0.4) is 0 Å². The molecule has 6 nitrogen and oxygen atoms in total. The van der Waals surface area contributed by atoms with Crippen molar-refractivity contribution in [3.05, 3.63) is 54.4 Å². The van der Waals surface area contributed by atoms with E-state index < -0.39 is 35.6 Å². The van der Waals surface area contributed by atoms with E-state index in [0.29, 0.717) is 5.56 Å². The number of halogens is 6. The number of nitrogens with one attached hydrogen (secondary N) is 1. The summed E-state index contributed by atoms with van der Waals surface area (Å²) in [5.41, 5.74) is -0.392. The molecule has 1 aromatic carbocycles. The number of anilines is 1. The Balaban J connectivity index is 1.77. The Hall–Kier alpha value is -3.09. The number of alkyl halides is 6. The molecule has 2 aromatic heterocycles. The van der Waals surface area contributed by atoms with Gasteiger partial charge in [-0.15, -0.1) is 10.2 Å². The number of hydrogen-bond donors (Lipinski definition) is 1. The van der Waals surface area contributed by atoms with Gasteiger partial charge in [-0.05, 0) is 43.3 Å². The van der Waals surface area contributed by atoms with Crippen molar-refractivity contribution in [2.24, 2.45) is 0 Å². The molecule has 170 valence electrons. The zero-order valence-corrected chi connectivity index (χ0v) is 17.1. The van der Waals surface area contributed by atoms with Crippen LogP contribution in [0.15, 0.2) is 53.9 Å². The molecule has 13 heteroatoms. The first-order valence-electron chi connectivity index (χ1n) is 8.99. The van der Waals surface area contributed by atoms with Crippen LogP contribution in [-0.2, 0) is 17.5 Å². The number of rotatable bonds is 6. The smallest absolute Gasteiger partial charge is 0.325 e. The van der Waals surface area contributed by atoms with E-state index in [9.17, 15) is 31.1 Å². The van der Waals surface area contributed by atoms with Crippen LogP contribution >= 0.6 is 11.8 Å². The number of benzene rings is 1. The van der Waals surface area contributed by atoms with E-state index in [2.05, 4.69) is 20.5 Å². The van der Waals surface area contributed by atoms with Crippen molar-refractivity contribution in [2.75, 3.05) is 5.32 Å². The Morgan fingerprint density at radius 1 is 1.03 bits per heavy atom. The fourth-order valence-electron chi connectivity index (χ4n) is 2.61. The lowest BCUT2D eigenvalue weighted by Gasteiger charge is -2.15. The maximum absolute atomic E-state index is 13.1. The first-order chi connectivity index (χ1) is 14.9. The molecule has 2 heterocycles. The van der Waals surface area contributed by atoms with Crippen LogP contribution < -0.4 is 5.32 Å². The molecule has 0 fully saturated rings. The molecular formula is C19H15F6N5OS. The average molecular weight is 475 g/mol. The molecule has 1 N–H and O–H groups in total. The number of thioether (sulfide) groups is 1. The molecule has 0 radical (unpaired) electrons. The highest BCUT2D eigenvalue weighted by Crippen LogP contribution is 2.32. The third-order valence-corrected chi connectivity index (χ3v) is 5.20. The van der Waals surface area contributed by atoms with Crippen LogP contribution in [0.2, 0.25) is 0 Å². The van der Waals surface area contributed by atoms with Gasteiger partial charge in [0.1, 0.15) is 6.54 Å². The van der Waals surface area contributed by atoms with Crippen LogP contribution in [-0.4, -0.2) is 37.1 Å². The molecule has 0 saturated heterocycles. The summed E-state index contributed by atoms with van der Waals surface area (Å²) < 4.78 is 78.2. The highest BCUT2D eigenvalue weighted by molar-refractivity contribution is 8.00. The summed E-state index contributed by atoms with van der Waals surface area (Å²) in [7, 11) is 0. The van der Waals surface area contributed by atoms with Crippen LogP contribution in [0.5, 0.6) is 0 Å². The van der Waals surface area contributed by atoms with Crippen molar-refractivity contribution in [3.8, 4) is 11.4 Å². The average Bonchev–Trinajstić information content (AvgIpc) is 3.08. The summed E-state index contributed by atoms with van der Waals surface area (Å²) >= 11 is 0.743. The number of carbonyl (C=O) groups excluding carboxylic acids is 1. The van der Waals surface area contributed by atoms with Gasteiger partial charge in [0.15, 0.2) is 11.0 Å². The quantitative estimate of drug-likeness (QED) is 0.400. The SMILES string of the molecule is CC(Sc1nnc(-c2ccncc2)n1CC(F)(F)F)C(=O)Nc1ccc(C(F)(F)F)cc1. The molecule has 1 atom stereocenters. The van der Waals surface area contributed by atoms with Gasteiger partial charge in [-0.1, -0.05) is 11.8 Å². The van der Waals surface area contributed by atoms with Crippen LogP contribution in [0.4, 0.5) is 32.0 Å². The monoisotopic (exact) mass is 475 g/mol. The number of pyridine rings is 1. The molecule has 1 amide bonds. The minimum atomic E-state index is -4.56. The van der Waals surface area contributed by atoms with Gasteiger partial charge in [0.2, 0.25) is 5.91 Å². The van der Waals surface area contributed by atoms with E-state index in [1.165, 1.54) is 31.5 Å². The normalized spacial score (nSPS) is 13.1. The molecule has 3 rings (SSSR count). The number of hydrogen-bond acceptors (Lipinski definition) is 5. The molecule has 0 aliphatic rings. The minimum absolute atomic E-state index is 0.0393. The molecule has 0 aliphatic carbocycles. The van der Waals surface area contributed by atoms with E-state index >= 15 is 0 Å². The third-order valence-electron chi connectivity index (χ3n) is 4.12. The van der Waals surface area contributed by atoms with Crippen LogP contribution in [0.25, 0.3) is 11.4 Å². The second-order valence-corrected chi connectivity index (χ2v) is 7.88. The van der Waals surface area contributed by atoms with Gasteiger partial charge in [0.25, 0.3) is 0 Å². The third kappa shape index (κ3) is 5.99. The van der Waals surface area contributed by atoms with E-state index in [4.69, 9.17) is 0 Å². The molecular weight excluding hydrogens is 460 g/mol. The molecule has 3 aromatic rings. The van der Waals surface area contributed by atoms with E-state index in [1.807, 2.05) is 0 Å². The predicted molar refractivity (Wildman–Crippen MR) is 105 cm³/mol. The molecule has 32 heavy (non-hydrogen) atoms. The number of amides is 1. The summed E-state index contributed by atoms with van der Waals surface area (Å²) in [5, 5.41) is 9.00. The number of aromatic nitrogens is 4. The number of carbonyl (C=O) groups is 1. The van der Waals surface area contributed by atoms with Gasteiger partial charge < -0.3 is 5.32 Å². The Morgan fingerprint density at radius 2 is 1.66 bits per heavy atom. The van der Waals surface area contributed by atoms with Gasteiger partial charge in [0.05, 0.1) is 10.8 Å².